The van der Waals surface area contributed by atoms with Crippen LogP contribution in [0.4, 0.5) is 5.69 Å². The number of oxime groups is 1. The van der Waals surface area contributed by atoms with E-state index in [0.717, 1.165) is 24.1 Å². The smallest absolute Gasteiger partial charge is 0.337 e. The Hall–Kier alpha value is -3.55. The van der Waals surface area contributed by atoms with E-state index in [1.165, 1.54) is 27.1 Å². The topological polar surface area (TPSA) is 109 Å². The predicted molar refractivity (Wildman–Crippen MR) is 127 cm³/mol. The van der Waals surface area contributed by atoms with Gasteiger partial charge in [0.1, 0.15) is 5.75 Å². The molecule has 176 valence electrons. The van der Waals surface area contributed by atoms with Gasteiger partial charge in [0.05, 0.1) is 25.5 Å². The van der Waals surface area contributed by atoms with Crippen LogP contribution in [0, 0.1) is 5.92 Å². The van der Waals surface area contributed by atoms with Crippen molar-refractivity contribution in [3.05, 3.63) is 58.7 Å². The summed E-state index contributed by atoms with van der Waals surface area (Å²) in [6.45, 7) is 0.673. The summed E-state index contributed by atoms with van der Waals surface area (Å²) in [4.78, 5) is 24.6. The van der Waals surface area contributed by atoms with E-state index >= 15 is 0 Å². The minimum Gasteiger partial charge on any atom is -0.496 e. The van der Waals surface area contributed by atoms with Gasteiger partial charge in [0.2, 0.25) is 0 Å². The number of nitrogens with zero attached hydrogens (tertiary/aromatic N) is 1. The monoisotopic (exact) mass is 453 g/mol. The first-order valence-electron chi connectivity index (χ1n) is 11.1. The normalized spacial score (nSPS) is 14.1. The van der Waals surface area contributed by atoms with Crippen LogP contribution < -0.4 is 15.4 Å². The van der Waals surface area contributed by atoms with Gasteiger partial charge in [0.25, 0.3) is 5.91 Å². The largest absolute Gasteiger partial charge is 0.496 e. The predicted octanol–water partition coefficient (Wildman–Crippen LogP) is 3.86. The summed E-state index contributed by atoms with van der Waals surface area (Å²) in [5.41, 5.74) is 3.26. The molecule has 0 unspecified atom stereocenters. The molecule has 8 nitrogen and oxygen atoms in total. The van der Waals surface area contributed by atoms with E-state index in [1.807, 2.05) is 0 Å². The second-order valence-electron chi connectivity index (χ2n) is 8.11. The highest BCUT2D eigenvalue weighted by atomic mass is 16.5. The molecule has 1 saturated carbocycles. The number of nitrogens with one attached hydrogen (secondary N) is 2. The zero-order valence-electron chi connectivity index (χ0n) is 19.3. The van der Waals surface area contributed by atoms with Gasteiger partial charge >= 0.3 is 5.97 Å². The summed E-state index contributed by atoms with van der Waals surface area (Å²) in [5.74, 6) is 0.392. The van der Waals surface area contributed by atoms with Crippen LogP contribution in [-0.4, -0.2) is 50.6 Å². The zero-order valence-corrected chi connectivity index (χ0v) is 19.3. The minimum atomic E-state index is -0.468. The lowest BCUT2D eigenvalue weighted by Gasteiger charge is -2.15. The highest BCUT2D eigenvalue weighted by molar-refractivity contribution is 6.08. The van der Waals surface area contributed by atoms with Gasteiger partial charge in [-0.25, -0.2) is 4.79 Å². The Morgan fingerprint density at radius 1 is 1.09 bits per heavy atom. The van der Waals surface area contributed by atoms with Crippen LogP contribution in [0.3, 0.4) is 0 Å². The fraction of sp³-hybridized carbons (Fsp3) is 0.400. The number of hydrogen-bond donors (Lipinski definition) is 3. The molecule has 0 aliphatic heterocycles. The van der Waals surface area contributed by atoms with Gasteiger partial charge in [0, 0.05) is 42.4 Å². The van der Waals surface area contributed by atoms with Crippen LogP contribution in [0.25, 0.3) is 0 Å². The lowest BCUT2D eigenvalue weighted by molar-refractivity contribution is 0.0600. The van der Waals surface area contributed by atoms with Gasteiger partial charge < -0.3 is 25.3 Å². The van der Waals surface area contributed by atoms with Gasteiger partial charge in [-0.2, -0.15) is 0 Å². The maximum Gasteiger partial charge on any atom is 0.337 e. The Balaban J connectivity index is 1.84. The lowest BCUT2D eigenvalue weighted by atomic mass is 9.97. The summed E-state index contributed by atoms with van der Waals surface area (Å²) >= 11 is 0. The summed E-state index contributed by atoms with van der Waals surface area (Å²) < 4.78 is 10.2. The molecule has 0 atom stereocenters. The quantitative estimate of drug-likeness (QED) is 0.230. The molecule has 1 aliphatic carbocycles. The average Bonchev–Trinajstić information content (AvgIpc) is 3.38. The Morgan fingerprint density at radius 3 is 2.45 bits per heavy atom. The van der Waals surface area contributed by atoms with Gasteiger partial charge in [-0.15, -0.1) is 0 Å². The van der Waals surface area contributed by atoms with Gasteiger partial charge in [-0.1, -0.05) is 24.1 Å². The fourth-order valence-electron chi connectivity index (χ4n) is 4.20. The summed E-state index contributed by atoms with van der Waals surface area (Å²) in [5, 5.41) is 19.5. The van der Waals surface area contributed by atoms with Crippen LogP contribution in [0.15, 0.2) is 41.6 Å². The second-order valence-corrected chi connectivity index (χ2v) is 8.11. The van der Waals surface area contributed by atoms with Crippen molar-refractivity contribution in [3.8, 4) is 5.75 Å². The number of ether oxygens (including phenoxy) is 2. The fourth-order valence-corrected chi connectivity index (χ4v) is 4.20. The number of methoxy groups -OCH3 is 2. The zero-order chi connectivity index (χ0) is 23.8. The van der Waals surface area contributed by atoms with Crippen LogP contribution in [0.1, 0.15) is 57.5 Å². The van der Waals surface area contributed by atoms with Crippen LogP contribution in [0.2, 0.25) is 0 Å². The highest BCUT2D eigenvalue weighted by Crippen LogP contribution is 2.26. The number of anilines is 1. The Kier molecular flexibility index (Phi) is 8.29. The molecule has 33 heavy (non-hydrogen) atoms. The van der Waals surface area contributed by atoms with Crippen molar-refractivity contribution >= 4 is 23.3 Å². The van der Waals surface area contributed by atoms with Crippen LogP contribution in [0.5, 0.6) is 5.75 Å². The van der Waals surface area contributed by atoms with E-state index in [0.29, 0.717) is 40.6 Å². The third-order valence-electron chi connectivity index (χ3n) is 6.07. The van der Waals surface area contributed by atoms with E-state index < -0.39 is 5.97 Å². The number of carbonyl (C=O) groups is 2. The molecule has 0 heterocycles. The van der Waals surface area contributed by atoms with E-state index in [4.69, 9.17) is 9.47 Å². The lowest BCUT2D eigenvalue weighted by Crippen LogP contribution is -2.28. The van der Waals surface area contributed by atoms with Crippen LogP contribution >= 0.6 is 0 Å². The van der Waals surface area contributed by atoms with E-state index in [-0.39, 0.29) is 12.3 Å². The van der Waals surface area contributed by atoms with E-state index in [2.05, 4.69) is 15.8 Å². The van der Waals surface area contributed by atoms with Crippen molar-refractivity contribution in [2.75, 3.05) is 33.1 Å². The van der Waals surface area contributed by atoms with E-state index in [1.54, 1.807) is 43.4 Å². The number of benzene rings is 2. The van der Waals surface area contributed by atoms with Gasteiger partial charge in [-0.3, -0.25) is 4.79 Å². The van der Waals surface area contributed by atoms with Crippen molar-refractivity contribution in [2.24, 2.45) is 11.1 Å². The van der Waals surface area contributed by atoms with E-state index in [9.17, 15) is 14.8 Å². The molecule has 0 saturated heterocycles. The van der Waals surface area contributed by atoms with Crippen molar-refractivity contribution in [3.63, 3.8) is 0 Å². The number of esters is 1. The summed E-state index contributed by atoms with van der Waals surface area (Å²) in [6.07, 6.45) is 4.98. The van der Waals surface area contributed by atoms with Crippen molar-refractivity contribution in [1.29, 1.82) is 0 Å². The van der Waals surface area contributed by atoms with Crippen molar-refractivity contribution in [1.82, 2.24) is 5.32 Å². The molecule has 1 fully saturated rings. The summed E-state index contributed by atoms with van der Waals surface area (Å²) in [7, 11) is 4.58. The Bertz CT molecular complexity index is 1030. The number of amides is 1. The average molecular weight is 454 g/mol. The maximum atomic E-state index is 12.8. The first kappa shape index (κ1) is 24.1. The molecule has 0 aromatic heterocycles. The number of carbonyl (C=O) groups excluding carboxylic acids is 2. The molecule has 2 aromatic rings. The molecule has 8 heteroatoms. The number of hydrogen-bond acceptors (Lipinski definition) is 7. The Morgan fingerprint density at radius 2 is 1.82 bits per heavy atom. The second kappa shape index (κ2) is 11.4. The molecular formula is C25H31N3O5. The van der Waals surface area contributed by atoms with Crippen molar-refractivity contribution < 1.29 is 24.3 Å². The highest BCUT2D eigenvalue weighted by Gasteiger charge is 2.19. The molecule has 1 aliphatic rings. The van der Waals surface area contributed by atoms with Crippen molar-refractivity contribution in [2.45, 2.75) is 32.1 Å². The van der Waals surface area contributed by atoms with Crippen LogP contribution in [-0.2, 0) is 11.2 Å². The molecule has 3 N–H and O–H groups in total. The molecule has 2 aromatic carbocycles. The maximum absolute atomic E-state index is 12.8. The molecule has 0 spiro atoms. The summed E-state index contributed by atoms with van der Waals surface area (Å²) in [6, 6.07) is 10.2. The third kappa shape index (κ3) is 5.83. The van der Waals surface area contributed by atoms with Gasteiger partial charge in [0.15, 0.2) is 0 Å². The molecule has 0 bridgehead atoms. The first-order chi connectivity index (χ1) is 16.0. The Labute approximate surface area is 194 Å². The molecule has 3 rings (SSSR count). The minimum absolute atomic E-state index is 0.150. The molecule has 1 amide bonds. The number of rotatable bonds is 9. The molecule has 0 radical (unpaired) electrons. The standard InChI is InChI=1S/C25H31N3O5/c1-26-21-11-10-18(24(29)27-15-16-6-4-5-7-16)12-20(21)22(28-31)13-17-8-9-19(25(30)33-3)14-23(17)32-2/h8-12,14,16,26,31H,4-7,13,15H2,1-3H3,(H,27,29)/b28-22+. The SMILES string of the molecule is CNc1ccc(C(=O)NCC2CCCC2)cc1/C(Cc1ccc(C(=O)OC)cc1OC)=N/O. The third-order valence-corrected chi connectivity index (χ3v) is 6.07. The first-order valence-corrected chi connectivity index (χ1v) is 11.1. The van der Waals surface area contributed by atoms with Gasteiger partial charge in [-0.05, 0) is 49.1 Å². The molecular weight excluding hydrogens is 422 g/mol.